The second-order valence-corrected chi connectivity index (χ2v) is 9.36. The summed E-state index contributed by atoms with van der Waals surface area (Å²) in [6, 6.07) is 0. The molecule has 0 unspecified atom stereocenters. The van der Waals surface area contributed by atoms with E-state index in [4.69, 9.17) is 19.9 Å². The van der Waals surface area contributed by atoms with E-state index in [9.17, 15) is 0 Å². The number of unbranched alkanes of at least 4 members (excludes halogenated alkanes) is 4. The summed E-state index contributed by atoms with van der Waals surface area (Å²) in [5.74, 6) is 0. The van der Waals surface area contributed by atoms with E-state index < -0.39 is 0 Å². The number of rotatable bonds is 16. The fourth-order valence-corrected chi connectivity index (χ4v) is 4.05. The van der Waals surface area contributed by atoms with E-state index in [0.29, 0.717) is 0 Å². The summed E-state index contributed by atoms with van der Waals surface area (Å²) >= 11 is 0. The van der Waals surface area contributed by atoms with Gasteiger partial charge in [0.05, 0.1) is 11.4 Å². The molecule has 0 amide bonds. The van der Waals surface area contributed by atoms with Crippen LogP contribution in [0.2, 0.25) is 0 Å². The van der Waals surface area contributed by atoms with Gasteiger partial charge in [0.1, 0.15) is 0 Å². The van der Waals surface area contributed by atoms with E-state index >= 15 is 0 Å². The summed E-state index contributed by atoms with van der Waals surface area (Å²) in [5.41, 5.74) is 1.90. The summed E-state index contributed by atoms with van der Waals surface area (Å²) in [4.78, 5) is 4.89. The van der Waals surface area contributed by atoms with Crippen molar-refractivity contribution in [1.29, 1.82) is 0 Å². The van der Waals surface area contributed by atoms with Crippen LogP contribution in [0.4, 0.5) is 0 Å². The van der Waals surface area contributed by atoms with E-state index in [0.717, 1.165) is 116 Å². The minimum Gasteiger partial charge on any atom is -0.411 e. The Hall–Kier alpha value is -1.22. The molecule has 0 aromatic heterocycles. The molecular weight excluding hydrogens is 432 g/mol. The highest BCUT2D eigenvalue weighted by atomic mass is 16.5. The van der Waals surface area contributed by atoms with Gasteiger partial charge in [-0.15, -0.1) is 0 Å². The molecule has 0 bridgehead atoms. The van der Waals surface area contributed by atoms with Gasteiger partial charge in [0.25, 0.3) is 0 Å². The van der Waals surface area contributed by atoms with Crippen molar-refractivity contribution in [2.75, 3.05) is 65.7 Å². The summed E-state index contributed by atoms with van der Waals surface area (Å²) < 4.78 is 11.1. The predicted octanol–water partition coefficient (Wildman–Crippen LogP) is 5.02. The maximum absolute atomic E-state index is 8.65. The van der Waals surface area contributed by atoms with Gasteiger partial charge in [-0.2, -0.15) is 0 Å². The Morgan fingerprint density at radius 1 is 0.588 bits per heavy atom. The molecule has 2 aliphatic rings. The van der Waals surface area contributed by atoms with Crippen molar-refractivity contribution in [3.8, 4) is 0 Å². The van der Waals surface area contributed by atoms with Gasteiger partial charge in [-0.1, -0.05) is 37.0 Å². The molecule has 2 saturated heterocycles. The molecule has 34 heavy (non-hydrogen) atoms. The van der Waals surface area contributed by atoms with Crippen molar-refractivity contribution in [2.24, 2.45) is 10.3 Å². The number of nitrogens with zero attached hydrogens (tertiary/aromatic N) is 4. The SMILES string of the molecule is CCCCOCCCCN1CCC(=NO)CC1.CCCCOCCCCN1CCC(=NO)CC1. The Morgan fingerprint density at radius 2 is 0.941 bits per heavy atom. The average Bonchev–Trinajstić information content (AvgIpc) is 2.89. The molecule has 2 N–H and O–H groups in total. The number of ether oxygens (including phenoxy) is 2. The lowest BCUT2D eigenvalue weighted by Crippen LogP contribution is -2.34. The first-order valence-electron chi connectivity index (χ1n) is 13.7. The summed E-state index contributed by atoms with van der Waals surface area (Å²) in [7, 11) is 0. The maximum atomic E-state index is 8.65. The normalized spacial score (nSPS) is 17.4. The van der Waals surface area contributed by atoms with Gasteiger partial charge in [-0.05, 0) is 51.6 Å². The van der Waals surface area contributed by atoms with Crippen LogP contribution < -0.4 is 0 Å². The quantitative estimate of drug-likeness (QED) is 0.182. The van der Waals surface area contributed by atoms with E-state index in [1.807, 2.05) is 0 Å². The van der Waals surface area contributed by atoms with E-state index in [1.165, 1.54) is 38.5 Å². The molecule has 2 fully saturated rings. The zero-order chi connectivity index (χ0) is 24.7. The third-order valence-electron chi connectivity index (χ3n) is 6.46. The lowest BCUT2D eigenvalue weighted by molar-refractivity contribution is 0.124. The third-order valence-corrected chi connectivity index (χ3v) is 6.46. The van der Waals surface area contributed by atoms with Crippen LogP contribution in [0.15, 0.2) is 10.3 Å². The van der Waals surface area contributed by atoms with Gasteiger partial charge in [-0.3, -0.25) is 0 Å². The molecule has 0 saturated carbocycles. The van der Waals surface area contributed by atoms with Gasteiger partial charge in [0.2, 0.25) is 0 Å². The molecule has 0 spiro atoms. The van der Waals surface area contributed by atoms with Gasteiger partial charge >= 0.3 is 0 Å². The largest absolute Gasteiger partial charge is 0.411 e. The molecule has 200 valence electrons. The number of likely N-dealkylation sites (tertiary alicyclic amines) is 2. The molecule has 2 rings (SSSR count). The molecule has 0 aliphatic carbocycles. The second kappa shape index (κ2) is 22.3. The average molecular weight is 485 g/mol. The van der Waals surface area contributed by atoms with Crippen LogP contribution in [-0.2, 0) is 9.47 Å². The van der Waals surface area contributed by atoms with Gasteiger partial charge < -0.3 is 29.7 Å². The van der Waals surface area contributed by atoms with Crippen LogP contribution in [0, 0.1) is 0 Å². The molecule has 8 nitrogen and oxygen atoms in total. The molecule has 0 aromatic rings. The number of hydrogen-bond donors (Lipinski definition) is 2. The van der Waals surface area contributed by atoms with Crippen LogP contribution in [0.1, 0.15) is 90.9 Å². The Balaban J connectivity index is 0.000000340. The van der Waals surface area contributed by atoms with Crippen molar-refractivity contribution < 1.29 is 19.9 Å². The fraction of sp³-hybridized carbons (Fsp3) is 0.923. The molecule has 0 radical (unpaired) electrons. The van der Waals surface area contributed by atoms with Gasteiger partial charge in [0, 0.05) is 78.3 Å². The standard InChI is InChI=1S/2C13H26N2O2/c2*1-2-3-11-17-12-5-4-8-15-9-6-13(14-16)7-10-15/h2*16H,2-12H2,1H3. The fourth-order valence-electron chi connectivity index (χ4n) is 4.05. The van der Waals surface area contributed by atoms with Crippen molar-refractivity contribution in [3.05, 3.63) is 0 Å². The van der Waals surface area contributed by atoms with E-state index in [2.05, 4.69) is 34.0 Å². The van der Waals surface area contributed by atoms with E-state index in [1.54, 1.807) is 0 Å². The first kappa shape index (κ1) is 30.8. The number of hydrogen-bond acceptors (Lipinski definition) is 8. The van der Waals surface area contributed by atoms with Crippen LogP contribution in [0.25, 0.3) is 0 Å². The van der Waals surface area contributed by atoms with Crippen LogP contribution in [0.5, 0.6) is 0 Å². The molecular formula is C26H52N4O4. The molecule has 2 heterocycles. The Morgan fingerprint density at radius 3 is 1.26 bits per heavy atom. The third kappa shape index (κ3) is 16.4. The summed E-state index contributed by atoms with van der Waals surface area (Å²) in [6.45, 7) is 14.4. The van der Waals surface area contributed by atoms with Crippen LogP contribution in [0.3, 0.4) is 0 Å². The van der Waals surface area contributed by atoms with Gasteiger partial charge in [-0.25, -0.2) is 0 Å². The van der Waals surface area contributed by atoms with Crippen LogP contribution in [-0.4, -0.2) is 97.3 Å². The lowest BCUT2D eigenvalue weighted by Gasteiger charge is -2.26. The molecule has 0 aromatic carbocycles. The second-order valence-electron chi connectivity index (χ2n) is 9.36. The highest BCUT2D eigenvalue weighted by molar-refractivity contribution is 5.85. The van der Waals surface area contributed by atoms with E-state index in [-0.39, 0.29) is 0 Å². The van der Waals surface area contributed by atoms with Gasteiger partial charge in [0.15, 0.2) is 0 Å². The first-order valence-corrected chi connectivity index (χ1v) is 13.7. The first-order chi connectivity index (χ1) is 16.7. The zero-order valence-electron chi connectivity index (χ0n) is 22.1. The van der Waals surface area contributed by atoms with Crippen molar-refractivity contribution in [3.63, 3.8) is 0 Å². The monoisotopic (exact) mass is 484 g/mol. The Labute approximate surface area is 208 Å². The zero-order valence-corrected chi connectivity index (χ0v) is 22.1. The Bertz CT molecular complexity index is 465. The minimum atomic E-state index is 0.900. The van der Waals surface area contributed by atoms with Crippen molar-refractivity contribution in [1.82, 2.24) is 9.80 Å². The molecule has 0 atom stereocenters. The number of oxime groups is 2. The molecule has 2 aliphatic heterocycles. The highest BCUT2D eigenvalue weighted by Gasteiger charge is 2.15. The van der Waals surface area contributed by atoms with Crippen molar-refractivity contribution >= 4 is 11.4 Å². The maximum Gasteiger partial charge on any atom is 0.0596 e. The van der Waals surface area contributed by atoms with Crippen molar-refractivity contribution in [2.45, 2.75) is 90.9 Å². The highest BCUT2D eigenvalue weighted by Crippen LogP contribution is 2.09. The molecule has 8 heteroatoms. The summed E-state index contributed by atoms with van der Waals surface area (Å²) in [6.07, 6.45) is 13.2. The Kier molecular flexibility index (Phi) is 20.2. The lowest BCUT2D eigenvalue weighted by atomic mass is 10.1. The summed E-state index contributed by atoms with van der Waals surface area (Å²) in [5, 5.41) is 23.9. The minimum absolute atomic E-state index is 0.900. The topological polar surface area (TPSA) is 90.1 Å². The predicted molar refractivity (Wildman–Crippen MR) is 140 cm³/mol. The smallest absolute Gasteiger partial charge is 0.0596 e. The van der Waals surface area contributed by atoms with Crippen LogP contribution >= 0.6 is 0 Å². The number of piperidine rings is 2.